The Morgan fingerprint density at radius 3 is 2.52 bits per heavy atom. The molecule has 2 aromatic rings. The summed E-state index contributed by atoms with van der Waals surface area (Å²) < 4.78 is 32.2. The zero-order chi connectivity index (χ0) is 19.4. The van der Waals surface area contributed by atoms with E-state index in [1.54, 1.807) is 19.2 Å². The maximum absolute atomic E-state index is 12.7. The first-order chi connectivity index (χ1) is 12.9. The molecule has 0 bridgehead atoms. The number of carbonyl (C=O) groups is 1. The van der Waals surface area contributed by atoms with Crippen LogP contribution in [0.3, 0.4) is 0 Å². The second-order valence-electron chi connectivity index (χ2n) is 6.58. The van der Waals surface area contributed by atoms with Crippen LogP contribution in [0.2, 0.25) is 0 Å². The third-order valence-electron chi connectivity index (χ3n) is 4.75. The van der Waals surface area contributed by atoms with Gasteiger partial charge < -0.3 is 10.1 Å². The van der Waals surface area contributed by atoms with Crippen molar-refractivity contribution in [2.45, 2.75) is 30.7 Å². The Bertz CT molecular complexity index is 921. The van der Waals surface area contributed by atoms with E-state index in [0.717, 1.165) is 18.4 Å². The molecule has 1 heterocycles. The van der Waals surface area contributed by atoms with Gasteiger partial charge >= 0.3 is 0 Å². The lowest BCUT2D eigenvalue weighted by atomic mass is 10.1. The largest absolute Gasteiger partial charge is 0.496 e. The summed E-state index contributed by atoms with van der Waals surface area (Å²) in [4.78, 5) is 12.8. The van der Waals surface area contributed by atoms with Crippen molar-refractivity contribution in [1.29, 1.82) is 0 Å². The number of ether oxygens (including phenoxy) is 1. The number of carbonyl (C=O) groups excluding carboxylic acids is 1. The van der Waals surface area contributed by atoms with Gasteiger partial charge in [0.2, 0.25) is 10.0 Å². The quantitative estimate of drug-likeness (QED) is 0.825. The Labute approximate surface area is 160 Å². The summed E-state index contributed by atoms with van der Waals surface area (Å²) >= 11 is 0. The predicted octanol–water partition coefficient (Wildman–Crippen LogP) is 2.97. The molecule has 1 aliphatic rings. The summed E-state index contributed by atoms with van der Waals surface area (Å²) in [5.74, 6) is 0.363. The van der Waals surface area contributed by atoms with Crippen molar-refractivity contribution in [1.82, 2.24) is 9.62 Å². The highest BCUT2D eigenvalue weighted by Gasteiger charge is 2.27. The first kappa shape index (κ1) is 19.4. The van der Waals surface area contributed by atoms with Gasteiger partial charge in [-0.2, -0.15) is 4.31 Å². The van der Waals surface area contributed by atoms with Gasteiger partial charge in [0.1, 0.15) is 5.75 Å². The number of sulfonamides is 1. The third-order valence-corrected chi connectivity index (χ3v) is 6.65. The molecule has 0 spiro atoms. The van der Waals surface area contributed by atoms with Crippen LogP contribution < -0.4 is 10.1 Å². The minimum atomic E-state index is -3.55. The van der Waals surface area contributed by atoms with Gasteiger partial charge in [0.25, 0.3) is 5.91 Å². The van der Waals surface area contributed by atoms with E-state index in [2.05, 4.69) is 5.32 Å². The third kappa shape index (κ3) is 4.14. The standard InChI is InChI=1S/C20H24N2O4S/c1-15(18-10-3-4-11-19(18)26-2)21-20(23)16-8-7-9-17(14-16)27(24,25)22-12-5-6-13-22/h3-4,7-11,14-15H,5-6,12-13H2,1-2H3,(H,21,23). The SMILES string of the molecule is COc1ccccc1C(C)NC(=O)c1cccc(S(=O)(=O)N2CCCC2)c1. The van der Waals surface area contributed by atoms with Crippen molar-refractivity contribution in [3.63, 3.8) is 0 Å². The van der Waals surface area contributed by atoms with Crippen molar-refractivity contribution < 1.29 is 17.9 Å². The molecule has 1 atom stereocenters. The fourth-order valence-corrected chi connectivity index (χ4v) is 4.82. The Morgan fingerprint density at radius 2 is 1.81 bits per heavy atom. The van der Waals surface area contributed by atoms with Crippen LogP contribution in [0.4, 0.5) is 0 Å². The van der Waals surface area contributed by atoms with E-state index in [4.69, 9.17) is 4.74 Å². The van der Waals surface area contributed by atoms with Gasteiger partial charge in [0.15, 0.2) is 0 Å². The van der Waals surface area contributed by atoms with E-state index in [-0.39, 0.29) is 16.8 Å². The van der Waals surface area contributed by atoms with Crippen LogP contribution in [-0.4, -0.2) is 38.8 Å². The van der Waals surface area contributed by atoms with E-state index >= 15 is 0 Å². The van der Waals surface area contributed by atoms with Crippen LogP contribution in [-0.2, 0) is 10.0 Å². The van der Waals surface area contributed by atoms with Gasteiger partial charge in [-0.05, 0) is 44.0 Å². The second-order valence-corrected chi connectivity index (χ2v) is 8.51. The molecule has 1 fully saturated rings. The lowest BCUT2D eigenvalue weighted by Crippen LogP contribution is -2.29. The number of rotatable bonds is 6. The zero-order valence-corrected chi connectivity index (χ0v) is 16.3. The molecule has 1 aliphatic heterocycles. The highest BCUT2D eigenvalue weighted by atomic mass is 32.2. The van der Waals surface area contributed by atoms with Crippen LogP contribution in [0.15, 0.2) is 53.4 Å². The molecule has 6 nitrogen and oxygen atoms in total. The van der Waals surface area contributed by atoms with Gasteiger partial charge in [-0.15, -0.1) is 0 Å². The van der Waals surface area contributed by atoms with Gasteiger partial charge in [-0.3, -0.25) is 4.79 Å². The number of nitrogens with zero attached hydrogens (tertiary/aromatic N) is 1. The Kier molecular flexibility index (Phi) is 5.82. The Balaban J connectivity index is 1.79. The molecule has 1 amide bonds. The number of nitrogens with one attached hydrogen (secondary N) is 1. The number of para-hydroxylation sites is 1. The summed E-state index contributed by atoms with van der Waals surface area (Å²) in [5.41, 5.74) is 1.17. The molecule has 2 aromatic carbocycles. The maximum Gasteiger partial charge on any atom is 0.251 e. The molecule has 1 unspecified atom stereocenters. The summed E-state index contributed by atoms with van der Waals surface area (Å²) in [5, 5.41) is 2.91. The summed E-state index contributed by atoms with van der Waals surface area (Å²) in [6.45, 7) is 2.92. The average Bonchev–Trinajstić information content (AvgIpc) is 3.23. The van der Waals surface area contributed by atoms with E-state index in [0.29, 0.717) is 24.4 Å². The molecule has 27 heavy (non-hydrogen) atoms. The van der Waals surface area contributed by atoms with Crippen molar-refractivity contribution in [3.05, 3.63) is 59.7 Å². The molecule has 0 radical (unpaired) electrons. The summed E-state index contributed by atoms with van der Waals surface area (Å²) in [6, 6.07) is 13.4. The summed E-state index contributed by atoms with van der Waals surface area (Å²) in [7, 11) is -1.97. The van der Waals surface area contributed by atoms with Crippen molar-refractivity contribution in [2.24, 2.45) is 0 Å². The molecular weight excluding hydrogens is 364 g/mol. The highest BCUT2D eigenvalue weighted by Crippen LogP contribution is 2.25. The Morgan fingerprint density at radius 1 is 1.11 bits per heavy atom. The van der Waals surface area contributed by atoms with E-state index < -0.39 is 10.0 Å². The zero-order valence-electron chi connectivity index (χ0n) is 15.5. The maximum atomic E-state index is 12.7. The minimum absolute atomic E-state index is 0.155. The Hall–Kier alpha value is -2.38. The number of hydrogen-bond donors (Lipinski definition) is 1. The number of methoxy groups -OCH3 is 1. The highest BCUT2D eigenvalue weighted by molar-refractivity contribution is 7.89. The molecule has 7 heteroatoms. The van der Waals surface area contributed by atoms with Gasteiger partial charge in [-0.25, -0.2) is 8.42 Å². The normalized spacial score (nSPS) is 16.1. The average molecular weight is 388 g/mol. The van der Waals surface area contributed by atoms with E-state index in [1.165, 1.54) is 16.4 Å². The van der Waals surface area contributed by atoms with Crippen LogP contribution in [0.25, 0.3) is 0 Å². The molecule has 0 aromatic heterocycles. The smallest absolute Gasteiger partial charge is 0.251 e. The van der Waals surface area contributed by atoms with Gasteiger partial charge in [-0.1, -0.05) is 24.3 Å². The first-order valence-electron chi connectivity index (χ1n) is 8.97. The fraction of sp³-hybridized carbons (Fsp3) is 0.350. The van der Waals surface area contributed by atoms with Crippen LogP contribution in [0.1, 0.15) is 41.7 Å². The molecule has 3 rings (SSSR count). The summed E-state index contributed by atoms with van der Waals surface area (Å²) in [6.07, 6.45) is 1.74. The molecular formula is C20H24N2O4S. The fourth-order valence-electron chi connectivity index (χ4n) is 3.26. The number of benzene rings is 2. The van der Waals surface area contributed by atoms with Crippen LogP contribution >= 0.6 is 0 Å². The topological polar surface area (TPSA) is 75.7 Å². The second kappa shape index (κ2) is 8.10. The molecule has 0 saturated carbocycles. The molecule has 1 saturated heterocycles. The van der Waals surface area contributed by atoms with E-state index in [9.17, 15) is 13.2 Å². The minimum Gasteiger partial charge on any atom is -0.496 e. The lowest BCUT2D eigenvalue weighted by Gasteiger charge is -2.18. The predicted molar refractivity (Wildman–Crippen MR) is 103 cm³/mol. The lowest BCUT2D eigenvalue weighted by molar-refractivity contribution is 0.0939. The van der Waals surface area contributed by atoms with Crippen LogP contribution in [0.5, 0.6) is 5.75 Å². The van der Waals surface area contributed by atoms with Crippen molar-refractivity contribution in [3.8, 4) is 5.75 Å². The molecule has 1 N–H and O–H groups in total. The molecule has 0 aliphatic carbocycles. The number of hydrogen-bond acceptors (Lipinski definition) is 4. The van der Waals surface area contributed by atoms with Gasteiger partial charge in [0, 0.05) is 24.2 Å². The van der Waals surface area contributed by atoms with Crippen LogP contribution in [0, 0.1) is 0 Å². The van der Waals surface area contributed by atoms with Gasteiger partial charge in [0.05, 0.1) is 18.0 Å². The monoisotopic (exact) mass is 388 g/mol. The molecule has 144 valence electrons. The van der Waals surface area contributed by atoms with Crippen molar-refractivity contribution >= 4 is 15.9 Å². The van der Waals surface area contributed by atoms with Crippen molar-refractivity contribution in [2.75, 3.05) is 20.2 Å². The number of amides is 1. The van der Waals surface area contributed by atoms with E-state index in [1.807, 2.05) is 31.2 Å². The first-order valence-corrected chi connectivity index (χ1v) is 10.4.